The summed E-state index contributed by atoms with van der Waals surface area (Å²) in [5, 5.41) is 11.0. The molecule has 1 atom stereocenters. The van der Waals surface area contributed by atoms with Crippen LogP contribution in [-0.4, -0.2) is 49.8 Å². The molecule has 2 rings (SSSR count). The van der Waals surface area contributed by atoms with Crippen molar-refractivity contribution >= 4 is 23.3 Å². The third-order valence-electron chi connectivity index (χ3n) is 3.65. The van der Waals surface area contributed by atoms with Crippen LogP contribution in [0, 0.1) is 16.0 Å². The summed E-state index contributed by atoms with van der Waals surface area (Å²) >= 11 is 0. The Labute approximate surface area is 144 Å². The lowest BCUT2D eigenvalue weighted by Crippen LogP contribution is -2.50. The Balaban J connectivity index is 2.31. The maximum atomic E-state index is 12.7. The molecule has 0 fully saturated rings. The van der Waals surface area contributed by atoms with Gasteiger partial charge in [0.05, 0.1) is 17.2 Å². The predicted octanol–water partition coefficient (Wildman–Crippen LogP) is 1.53. The van der Waals surface area contributed by atoms with E-state index in [1.807, 2.05) is 13.8 Å². The first-order valence-corrected chi connectivity index (χ1v) is 7.76. The Hall–Kier alpha value is -2.68. The third kappa shape index (κ3) is 4.24. The van der Waals surface area contributed by atoms with Gasteiger partial charge in [-0.3, -0.25) is 24.6 Å². The number of carbonyl (C=O) groups is 2. The van der Waals surface area contributed by atoms with E-state index < -0.39 is 22.9 Å². The summed E-state index contributed by atoms with van der Waals surface area (Å²) in [7, 11) is 1.47. The van der Waals surface area contributed by atoms with Gasteiger partial charge >= 0.3 is 5.97 Å². The number of nitro benzene ring substituents is 1. The standard InChI is InChI=1S/C16H20N2O7/c1-10(2)15-16(20)17(9-14(19)24-7-6-23-3)12-8-11(18(21)22)4-5-13(12)25-15/h4-5,8,10,15H,6-7,9H2,1-3H3. The van der Waals surface area contributed by atoms with Crippen molar-refractivity contribution in [3.8, 4) is 5.75 Å². The topological polar surface area (TPSA) is 108 Å². The second kappa shape index (κ2) is 7.93. The molecule has 0 bridgehead atoms. The van der Waals surface area contributed by atoms with Crippen LogP contribution in [-0.2, 0) is 19.1 Å². The quantitative estimate of drug-likeness (QED) is 0.317. The minimum absolute atomic E-state index is 0.0588. The maximum Gasteiger partial charge on any atom is 0.326 e. The lowest BCUT2D eigenvalue weighted by Gasteiger charge is -2.35. The van der Waals surface area contributed by atoms with Crippen molar-refractivity contribution in [2.75, 3.05) is 31.8 Å². The van der Waals surface area contributed by atoms with Crippen LogP contribution in [0.5, 0.6) is 5.75 Å². The van der Waals surface area contributed by atoms with Crippen LogP contribution in [0.4, 0.5) is 11.4 Å². The fourth-order valence-electron chi connectivity index (χ4n) is 2.39. The van der Waals surface area contributed by atoms with E-state index in [-0.39, 0.29) is 37.1 Å². The minimum atomic E-state index is -0.777. The van der Waals surface area contributed by atoms with Gasteiger partial charge in [0, 0.05) is 19.2 Å². The van der Waals surface area contributed by atoms with E-state index in [1.165, 1.54) is 30.2 Å². The lowest BCUT2D eigenvalue weighted by atomic mass is 10.0. The van der Waals surface area contributed by atoms with Gasteiger partial charge in [0.2, 0.25) is 0 Å². The molecule has 1 aromatic carbocycles. The third-order valence-corrected chi connectivity index (χ3v) is 3.65. The number of nitrogens with zero attached hydrogens (tertiary/aromatic N) is 2. The van der Waals surface area contributed by atoms with Crippen molar-refractivity contribution in [3.63, 3.8) is 0 Å². The summed E-state index contributed by atoms with van der Waals surface area (Å²) < 4.78 is 15.5. The molecule has 0 spiro atoms. The number of nitro groups is 1. The minimum Gasteiger partial charge on any atom is -0.478 e. The molecule has 136 valence electrons. The molecule has 1 aliphatic rings. The fourth-order valence-corrected chi connectivity index (χ4v) is 2.39. The second-order valence-electron chi connectivity index (χ2n) is 5.83. The van der Waals surface area contributed by atoms with Crippen molar-refractivity contribution in [2.45, 2.75) is 20.0 Å². The van der Waals surface area contributed by atoms with Crippen LogP contribution in [0.1, 0.15) is 13.8 Å². The number of benzene rings is 1. The van der Waals surface area contributed by atoms with Gasteiger partial charge in [0.1, 0.15) is 18.9 Å². The highest BCUT2D eigenvalue weighted by molar-refractivity contribution is 6.03. The number of methoxy groups -OCH3 is 1. The van der Waals surface area contributed by atoms with E-state index in [0.29, 0.717) is 5.75 Å². The summed E-state index contributed by atoms with van der Waals surface area (Å²) in [5.74, 6) is -0.893. The van der Waals surface area contributed by atoms with Gasteiger partial charge in [0.25, 0.3) is 11.6 Å². The fraction of sp³-hybridized carbons (Fsp3) is 0.500. The van der Waals surface area contributed by atoms with E-state index in [0.717, 1.165) is 0 Å². The van der Waals surface area contributed by atoms with Crippen molar-refractivity contribution in [1.29, 1.82) is 0 Å². The lowest BCUT2D eigenvalue weighted by molar-refractivity contribution is -0.384. The molecule has 1 heterocycles. The van der Waals surface area contributed by atoms with Crippen molar-refractivity contribution < 1.29 is 28.7 Å². The number of fused-ring (bicyclic) bond motifs is 1. The van der Waals surface area contributed by atoms with Crippen molar-refractivity contribution in [2.24, 2.45) is 5.92 Å². The normalized spacial score (nSPS) is 16.4. The Morgan fingerprint density at radius 2 is 2.12 bits per heavy atom. The molecule has 0 saturated carbocycles. The summed E-state index contributed by atoms with van der Waals surface area (Å²) in [6.07, 6.45) is -0.777. The Bertz CT molecular complexity index is 674. The van der Waals surface area contributed by atoms with E-state index in [9.17, 15) is 19.7 Å². The zero-order valence-corrected chi connectivity index (χ0v) is 14.3. The molecular formula is C16H20N2O7. The molecule has 0 radical (unpaired) electrons. The predicted molar refractivity (Wildman–Crippen MR) is 87.5 cm³/mol. The average Bonchev–Trinajstić information content (AvgIpc) is 2.56. The van der Waals surface area contributed by atoms with Crippen LogP contribution in [0.2, 0.25) is 0 Å². The number of hydrogen-bond acceptors (Lipinski definition) is 7. The highest BCUT2D eigenvalue weighted by Crippen LogP contribution is 2.38. The monoisotopic (exact) mass is 352 g/mol. The van der Waals surface area contributed by atoms with Crippen LogP contribution >= 0.6 is 0 Å². The number of carbonyl (C=O) groups excluding carboxylic acids is 2. The Morgan fingerprint density at radius 3 is 2.72 bits per heavy atom. The average molecular weight is 352 g/mol. The van der Waals surface area contributed by atoms with Crippen LogP contribution < -0.4 is 9.64 Å². The molecule has 1 unspecified atom stereocenters. The second-order valence-corrected chi connectivity index (χ2v) is 5.83. The largest absolute Gasteiger partial charge is 0.478 e. The van der Waals surface area contributed by atoms with Crippen molar-refractivity contribution in [1.82, 2.24) is 0 Å². The zero-order valence-electron chi connectivity index (χ0n) is 14.3. The molecule has 1 aromatic rings. The van der Waals surface area contributed by atoms with Gasteiger partial charge in [-0.05, 0) is 12.0 Å². The van der Waals surface area contributed by atoms with Gasteiger partial charge in [-0.2, -0.15) is 0 Å². The van der Waals surface area contributed by atoms with Gasteiger partial charge in [-0.1, -0.05) is 13.8 Å². The van der Waals surface area contributed by atoms with E-state index in [4.69, 9.17) is 14.2 Å². The summed E-state index contributed by atoms with van der Waals surface area (Å²) in [6.45, 7) is 3.56. The van der Waals surface area contributed by atoms with E-state index in [2.05, 4.69) is 0 Å². The SMILES string of the molecule is COCCOC(=O)CN1C(=O)C(C(C)C)Oc2ccc([N+](=O)[O-])cc21. The highest BCUT2D eigenvalue weighted by atomic mass is 16.6. The molecule has 9 nitrogen and oxygen atoms in total. The number of esters is 1. The maximum absolute atomic E-state index is 12.7. The smallest absolute Gasteiger partial charge is 0.326 e. The summed E-state index contributed by atoms with van der Waals surface area (Å²) in [4.78, 5) is 36.3. The molecule has 0 aromatic heterocycles. The molecule has 0 aliphatic carbocycles. The van der Waals surface area contributed by atoms with Gasteiger partial charge in [0.15, 0.2) is 6.10 Å². The first-order chi connectivity index (χ1) is 11.8. The zero-order chi connectivity index (χ0) is 18.6. The van der Waals surface area contributed by atoms with Gasteiger partial charge in [-0.15, -0.1) is 0 Å². The molecule has 0 saturated heterocycles. The number of anilines is 1. The molecule has 9 heteroatoms. The Morgan fingerprint density at radius 1 is 1.40 bits per heavy atom. The number of non-ortho nitro benzene ring substituents is 1. The first-order valence-electron chi connectivity index (χ1n) is 7.76. The van der Waals surface area contributed by atoms with E-state index >= 15 is 0 Å². The molecule has 1 aliphatic heterocycles. The van der Waals surface area contributed by atoms with Crippen LogP contribution in [0.15, 0.2) is 18.2 Å². The van der Waals surface area contributed by atoms with Crippen LogP contribution in [0.25, 0.3) is 0 Å². The summed E-state index contributed by atoms with van der Waals surface area (Å²) in [5.41, 5.74) is -0.0179. The molecular weight excluding hydrogens is 332 g/mol. The number of hydrogen-bond donors (Lipinski definition) is 0. The van der Waals surface area contributed by atoms with E-state index in [1.54, 1.807) is 0 Å². The molecule has 0 N–H and O–H groups in total. The Kier molecular flexibility index (Phi) is 5.92. The first kappa shape index (κ1) is 18.7. The van der Waals surface area contributed by atoms with Crippen molar-refractivity contribution in [3.05, 3.63) is 28.3 Å². The number of amides is 1. The number of ether oxygens (including phenoxy) is 3. The highest BCUT2D eigenvalue weighted by Gasteiger charge is 2.38. The van der Waals surface area contributed by atoms with Gasteiger partial charge in [-0.25, -0.2) is 0 Å². The van der Waals surface area contributed by atoms with Gasteiger partial charge < -0.3 is 14.2 Å². The summed E-state index contributed by atoms with van der Waals surface area (Å²) in [6, 6.07) is 3.94. The molecule has 1 amide bonds. The molecule has 25 heavy (non-hydrogen) atoms. The number of rotatable bonds is 7. The van der Waals surface area contributed by atoms with Crippen LogP contribution in [0.3, 0.4) is 0 Å².